The number of carboxylic acid groups (broad SMARTS) is 1. The van der Waals surface area contributed by atoms with Crippen molar-refractivity contribution in [3.63, 3.8) is 0 Å². The summed E-state index contributed by atoms with van der Waals surface area (Å²) < 4.78 is 7.22. The molecule has 0 saturated carbocycles. The second kappa shape index (κ2) is 5.51. The van der Waals surface area contributed by atoms with Crippen molar-refractivity contribution in [2.45, 2.75) is 6.54 Å². The second-order valence-corrected chi connectivity index (χ2v) is 3.92. The highest BCUT2D eigenvalue weighted by Crippen LogP contribution is 2.20. The van der Waals surface area contributed by atoms with Crippen LogP contribution in [0.1, 0.15) is 10.4 Å². The summed E-state index contributed by atoms with van der Waals surface area (Å²) in [5, 5.41) is 10.1. The van der Waals surface area contributed by atoms with Gasteiger partial charge in [0.1, 0.15) is 0 Å². The Morgan fingerprint density at radius 2 is 2.28 bits per heavy atom. The van der Waals surface area contributed by atoms with Gasteiger partial charge in [-0.3, -0.25) is 0 Å². The molecule has 0 atom stereocenters. The molecular formula is C14H15NO3. The summed E-state index contributed by atoms with van der Waals surface area (Å²) in [7, 11) is 0. The Morgan fingerprint density at radius 1 is 1.44 bits per heavy atom. The normalized spacial score (nSPS) is 10.7. The van der Waals surface area contributed by atoms with E-state index in [1.165, 1.54) is 0 Å². The second-order valence-electron chi connectivity index (χ2n) is 3.92. The summed E-state index contributed by atoms with van der Waals surface area (Å²) in [6.07, 6.45) is 3.57. The first kappa shape index (κ1) is 12.4. The quantitative estimate of drug-likeness (QED) is 0.628. The number of hydrogen-bond acceptors (Lipinski definition) is 2. The Kier molecular flexibility index (Phi) is 3.79. The third kappa shape index (κ3) is 2.43. The largest absolute Gasteiger partial charge is 0.478 e. The topological polar surface area (TPSA) is 51.5 Å². The van der Waals surface area contributed by atoms with Crippen LogP contribution in [0.5, 0.6) is 0 Å². The van der Waals surface area contributed by atoms with Crippen LogP contribution in [0.4, 0.5) is 0 Å². The molecule has 0 unspecified atom stereocenters. The van der Waals surface area contributed by atoms with Gasteiger partial charge in [-0.15, -0.1) is 6.58 Å². The summed E-state index contributed by atoms with van der Waals surface area (Å²) in [6.45, 7) is 5.24. The molecule has 0 bridgehead atoms. The van der Waals surface area contributed by atoms with E-state index in [4.69, 9.17) is 4.74 Å². The van der Waals surface area contributed by atoms with Crippen molar-refractivity contribution >= 4 is 16.9 Å². The molecule has 4 nitrogen and oxygen atoms in total. The van der Waals surface area contributed by atoms with Gasteiger partial charge >= 0.3 is 5.97 Å². The number of hydrogen-bond donors (Lipinski definition) is 1. The first-order chi connectivity index (χ1) is 8.74. The van der Waals surface area contributed by atoms with Gasteiger partial charge in [0.25, 0.3) is 0 Å². The van der Waals surface area contributed by atoms with E-state index in [0.29, 0.717) is 25.3 Å². The number of benzene rings is 1. The number of carboxylic acids is 1. The smallest absolute Gasteiger partial charge is 0.337 e. The minimum Gasteiger partial charge on any atom is -0.478 e. The van der Waals surface area contributed by atoms with Gasteiger partial charge in [0, 0.05) is 18.1 Å². The number of fused-ring (bicyclic) bond motifs is 1. The third-order valence-corrected chi connectivity index (χ3v) is 2.73. The molecule has 0 spiro atoms. The van der Waals surface area contributed by atoms with Crippen LogP contribution in [0, 0.1) is 0 Å². The number of carbonyl (C=O) groups is 1. The van der Waals surface area contributed by atoms with Gasteiger partial charge in [-0.25, -0.2) is 4.79 Å². The van der Waals surface area contributed by atoms with Crippen molar-refractivity contribution in [3.05, 3.63) is 48.7 Å². The molecule has 0 aliphatic rings. The summed E-state index contributed by atoms with van der Waals surface area (Å²) in [6, 6.07) is 7.19. The Hall–Kier alpha value is -2.07. The molecule has 1 heterocycles. The minimum absolute atomic E-state index is 0.321. The van der Waals surface area contributed by atoms with Gasteiger partial charge in [-0.2, -0.15) is 0 Å². The lowest BCUT2D eigenvalue weighted by atomic mass is 10.1. The van der Waals surface area contributed by atoms with Crippen LogP contribution in [0.15, 0.2) is 43.1 Å². The van der Waals surface area contributed by atoms with Crippen LogP contribution in [0.25, 0.3) is 10.9 Å². The lowest BCUT2D eigenvalue weighted by molar-refractivity contribution is 0.0698. The van der Waals surface area contributed by atoms with Crippen molar-refractivity contribution in [2.24, 2.45) is 0 Å². The highest BCUT2D eigenvalue weighted by atomic mass is 16.5. The van der Waals surface area contributed by atoms with E-state index in [1.54, 1.807) is 18.2 Å². The van der Waals surface area contributed by atoms with E-state index in [0.717, 1.165) is 10.9 Å². The lowest BCUT2D eigenvalue weighted by Gasteiger charge is -2.07. The van der Waals surface area contributed by atoms with Gasteiger partial charge in [0.05, 0.1) is 24.3 Å². The molecule has 1 aromatic carbocycles. The molecule has 94 valence electrons. The summed E-state index contributed by atoms with van der Waals surface area (Å²) >= 11 is 0. The predicted molar refractivity (Wildman–Crippen MR) is 69.9 cm³/mol. The molecule has 0 aliphatic carbocycles. The predicted octanol–water partition coefficient (Wildman–Crippen LogP) is 2.54. The van der Waals surface area contributed by atoms with Crippen LogP contribution < -0.4 is 0 Å². The highest BCUT2D eigenvalue weighted by molar-refractivity contribution is 6.02. The average Bonchev–Trinajstić information content (AvgIpc) is 2.77. The van der Waals surface area contributed by atoms with Crippen LogP contribution >= 0.6 is 0 Å². The van der Waals surface area contributed by atoms with Gasteiger partial charge in [-0.05, 0) is 12.1 Å². The Bertz CT molecular complexity index is 571. The summed E-state index contributed by atoms with van der Waals surface area (Å²) in [4.78, 5) is 11.2. The number of aromatic nitrogens is 1. The van der Waals surface area contributed by atoms with Crippen molar-refractivity contribution in [2.75, 3.05) is 13.2 Å². The number of nitrogens with zero attached hydrogens (tertiary/aromatic N) is 1. The van der Waals surface area contributed by atoms with Gasteiger partial charge in [0.15, 0.2) is 0 Å². The summed E-state index contributed by atoms with van der Waals surface area (Å²) in [5.74, 6) is -0.910. The molecular weight excluding hydrogens is 230 g/mol. The maximum absolute atomic E-state index is 11.2. The minimum atomic E-state index is -0.910. The maximum atomic E-state index is 11.2. The molecule has 1 N–H and O–H groups in total. The molecule has 2 rings (SSSR count). The fourth-order valence-corrected chi connectivity index (χ4v) is 1.95. The van der Waals surface area contributed by atoms with E-state index in [1.807, 2.05) is 22.9 Å². The van der Waals surface area contributed by atoms with Crippen molar-refractivity contribution in [1.29, 1.82) is 0 Å². The lowest BCUT2D eigenvalue weighted by Crippen LogP contribution is -2.07. The highest BCUT2D eigenvalue weighted by Gasteiger charge is 2.11. The molecule has 0 aliphatic heterocycles. The van der Waals surface area contributed by atoms with E-state index in [9.17, 15) is 9.90 Å². The Morgan fingerprint density at radius 3 is 3.00 bits per heavy atom. The number of rotatable bonds is 6. The van der Waals surface area contributed by atoms with Crippen LogP contribution in [0.3, 0.4) is 0 Å². The molecule has 0 fully saturated rings. The molecule has 0 radical (unpaired) electrons. The van der Waals surface area contributed by atoms with Crippen LogP contribution in [-0.2, 0) is 11.3 Å². The van der Waals surface area contributed by atoms with E-state index in [2.05, 4.69) is 6.58 Å². The van der Waals surface area contributed by atoms with Crippen LogP contribution in [0.2, 0.25) is 0 Å². The number of aromatic carboxylic acids is 1. The Labute approximate surface area is 105 Å². The van der Waals surface area contributed by atoms with Gasteiger partial charge < -0.3 is 14.4 Å². The van der Waals surface area contributed by atoms with E-state index < -0.39 is 5.97 Å². The number of ether oxygens (including phenoxy) is 1. The van der Waals surface area contributed by atoms with Crippen molar-refractivity contribution < 1.29 is 14.6 Å². The third-order valence-electron chi connectivity index (χ3n) is 2.73. The maximum Gasteiger partial charge on any atom is 0.337 e. The van der Waals surface area contributed by atoms with Gasteiger partial charge in [-0.1, -0.05) is 18.2 Å². The molecule has 0 saturated heterocycles. The van der Waals surface area contributed by atoms with Crippen molar-refractivity contribution in [3.8, 4) is 0 Å². The Balaban J connectivity index is 2.27. The standard InChI is InChI=1S/C14H15NO3/c1-2-9-18-10-8-15-7-6-11-4-3-5-12(13(11)15)14(16)17/h2-7H,1,8-10H2,(H,16,17). The molecule has 1 aromatic heterocycles. The molecule has 2 aromatic rings. The van der Waals surface area contributed by atoms with E-state index in [-0.39, 0.29) is 0 Å². The molecule has 18 heavy (non-hydrogen) atoms. The van der Waals surface area contributed by atoms with E-state index >= 15 is 0 Å². The van der Waals surface area contributed by atoms with Gasteiger partial charge in [0.2, 0.25) is 0 Å². The average molecular weight is 245 g/mol. The first-order valence-electron chi connectivity index (χ1n) is 5.74. The fraction of sp³-hybridized carbons (Fsp3) is 0.214. The zero-order valence-electron chi connectivity index (χ0n) is 10.0. The molecule has 0 amide bonds. The fourth-order valence-electron chi connectivity index (χ4n) is 1.95. The summed E-state index contributed by atoms with van der Waals surface area (Å²) in [5.41, 5.74) is 1.06. The monoisotopic (exact) mass is 245 g/mol. The molecule has 4 heteroatoms. The number of para-hydroxylation sites is 1. The van der Waals surface area contributed by atoms with Crippen molar-refractivity contribution in [1.82, 2.24) is 4.57 Å². The zero-order valence-corrected chi connectivity index (χ0v) is 10.0. The van der Waals surface area contributed by atoms with Crippen LogP contribution in [-0.4, -0.2) is 28.9 Å². The zero-order chi connectivity index (χ0) is 13.0. The SMILES string of the molecule is C=CCOCCn1ccc2cccc(C(=O)O)c21. The first-order valence-corrected chi connectivity index (χ1v) is 5.74.